The molecule has 7 heteroatoms. The topological polar surface area (TPSA) is 54.0 Å². The minimum Gasteiger partial charge on any atom is -0.496 e. The summed E-state index contributed by atoms with van der Waals surface area (Å²) >= 11 is 0. The van der Waals surface area contributed by atoms with Crippen LogP contribution >= 0.6 is 8.58 Å². The number of rotatable bonds is 8. The molecule has 0 heterocycles. The summed E-state index contributed by atoms with van der Waals surface area (Å²) in [4.78, 5) is 12.8. The third kappa shape index (κ3) is 5.50. The first kappa shape index (κ1) is 22.5. The Hall–Kier alpha value is -1.50. The first-order chi connectivity index (χ1) is 12.0. The molecule has 0 saturated heterocycles. The summed E-state index contributed by atoms with van der Waals surface area (Å²) in [5, 5.41) is 0.954. The third-order valence-electron chi connectivity index (χ3n) is 3.73. The molecule has 2 atom stereocenters. The zero-order valence-corrected chi connectivity index (χ0v) is 17.1. The Balaban J connectivity index is 0.00000338. The number of methoxy groups -OCH3 is 3. The van der Waals surface area contributed by atoms with Crippen LogP contribution in [0.4, 0.5) is 0 Å². The molecule has 135 valence electrons. The average Bonchev–Trinajstić information content (AvgIpc) is 2.62. The van der Waals surface area contributed by atoms with Gasteiger partial charge in [-0.3, -0.25) is 4.79 Å². The van der Waals surface area contributed by atoms with Gasteiger partial charge in [0.05, 0.1) is 14.2 Å². The van der Waals surface area contributed by atoms with Gasteiger partial charge in [0, 0.05) is 26.0 Å². The standard InChI is InChI=1S/C19H23O5P.Li/c1-12-11-14(24-13(2)21-3)9-10-17(12)25-19(20)18-15(22-4)7-6-8-16(18)23-5;/h6-11,13,25H,1-5H3;. The van der Waals surface area contributed by atoms with Crippen molar-refractivity contribution in [1.82, 2.24) is 0 Å². The van der Waals surface area contributed by atoms with Crippen molar-refractivity contribution in [3.8, 4) is 17.2 Å². The molecule has 0 amide bonds. The van der Waals surface area contributed by atoms with Crippen LogP contribution in [0.2, 0.25) is 0 Å². The Morgan fingerprint density at radius 2 is 1.65 bits per heavy atom. The van der Waals surface area contributed by atoms with Crippen LogP contribution in [0.1, 0.15) is 22.8 Å². The van der Waals surface area contributed by atoms with E-state index in [9.17, 15) is 4.79 Å². The zero-order chi connectivity index (χ0) is 18.4. The molecule has 2 unspecified atom stereocenters. The van der Waals surface area contributed by atoms with E-state index in [0.717, 1.165) is 10.9 Å². The normalized spacial score (nSPS) is 11.7. The van der Waals surface area contributed by atoms with Gasteiger partial charge in [-0.25, -0.2) is 0 Å². The van der Waals surface area contributed by atoms with Gasteiger partial charge < -0.3 is 18.9 Å². The van der Waals surface area contributed by atoms with Crippen molar-refractivity contribution in [3.63, 3.8) is 0 Å². The summed E-state index contributed by atoms with van der Waals surface area (Å²) in [6.45, 7) is 3.78. The number of aryl methyl sites for hydroxylation is 1. The number of carbonyl (C=O) groups is 1. The summed E-state index contributed by atoms with van der Waals surface area (Å²) in [5.74, 6) is 1.74. The molecule has 26 heavy (non-hydrogen) atoms. The molecule has 0 saturated carbocycles. The maximum absolute atomic E-state index is 12.8. The predicted molar refractivity (Wildman–Crippen MR) is 106 cm³/mol. The Kier molecular flexibility index (Phi) is 9.19. The van der Waals surface area contributed by atoms with Crippen molar-refractivity contribution in [2.75, 3.05) is 21.3 Å². The van der Waals surface area contributed by atoms with E-state index in [4.69, 9.17) is 18.9 Å². The van der Waals surface area contributed by atoms with Gasteiger partial charge in [0.1, 0.15) is 22.8 Å². The molecule has 0 aromatic heterocycles. The fourth-order valence-corrected chi connectivity index (χ4v) is 3.40. The molecule has 0 aliphatic heterocycles. The van der Waals surface area contributed by atoms with Gasteiger partial charge >= 0.3 is 0 Å². The van der Waals surface area contributed by atoms with Gasteiger partial charge in [-0.1, -0.05) is 12.1 Å². The number of carbonyl (C=O) groups excluding carboxylic acids is 1. The molecular weight excluding hydrogens is 346 g/mol. The molecule has 2 aromatic rings. The van der Waals surface area contributed by atoms with E-state index in [1.807, 2.05) is 32.0 Å². The third-order valence-corrected chi connectivity index (χ3v) is 5.04. The first-order valence-electron chi connectivity index (χ1n) is 7.82. The Morgan fingerprint density at radius 3 is 2.15 bits per heavy atom. The summed E-state index contributed by atoms with van der Waals surface area (Å²) in [6.07, 6.45) is -0.327. The second kappa shape index (κ2) is 10.6. The van der Waals surface area contributed by atoms with Gasteiger partial charge in [-0.2, -0.15) is 0 Å². The molecule has 2 rings (SSSR count). The van der Waals surface area contributed by atoms with Crippen LogP contribution in [0.3, 0.4) is 0 Å². The Bertz CT molecular complexity index is 728. The minimum absolute atomic E-state index is 0. The van der Waals surface area contributed by atoms with Crippen molar-refractivity contribution in [3.05, 3.63) is 47.5 Å². The summed E-state index contributed by atoms with van der Waals surface area (Å²) in [7, 11) is 4.64. The SMILES string of the molecule is COc1cccc(OC)c1C(=O)Pc1ccc(OC(C)OC)cc1C.[Li]. The molecule has 0 aliphatic rings. The second-order valence-corrected chi connectivity index (χ2v) is 6.63. The van der Waals surface area contributed by atoms with Crippen LogP contribution in [0.5, 0.6) is 17.2 Å². The molecule has 0 bridgehead atoms. The largest absolute Gasteiger partial charge is 0.496 e. The first-order valence-corrected chi connectivity index (χ1v) is 8.82. The van der Waals surface area contributed by atoms with Crippen LogP contribution in [-0.4, -0.2) is 52.0 Å². The monoisotopic (exact) mass is 369 g/mol. The van der Waals surface area contributed by atoms with Crippen LogP contribution in [0.15, 0.2) is 36.4 Å². The Labute approximate surface area is 168 Å². The van der Waals surface area contributed by atoms with E-state index in [-0.39, 0.29) is 39.3 Å². The van der Waals surface area contributed by atoms with E-state index in [0.29, 0.717) is 22.8 Å². The predicted octanol–water partition coefficient (Wildman–Crippen LogP) is 3.15. The van der Waals surface area contributed by atoms with Crippen LogP contribution in [0.25, 0.3) is 0 Å². The van der Waals surface area contributed by atoms with Crippen molar-refractivity contribution in [1.29, 1.82) is 0 Å². The minimum atomic E-state index is -0.327. The van der Waals surface area contributed by atoms with Gasteiger partial charge in [0.15, 0.2) is 11.8 Å². The molecule has 0 spiro atoms. The zero-order valence-electron chi connectivity index (χ0n) is 16.1. The number of benzene rings is 2. The van der Waals surface area contributed by atoms with E-state index in [1.54, 1.807) is 39.5 Å². The second-order valence-electron chi connectivity index (χ2n) is 5.39. The van der Waals surface area contributed by atoms with Crippen molar-refractivity contribution in [2.45, 2.75) is 20.1 Å². The molecule has 0 aliphatic carbocycles. The van der Waals surface area contributed by atoms with Crippen LogP contribution < -0.4 is 19.5 Å². The summed E-state index contributed by atoms with van der Waals surface area (Å²) in [5.41, 5.74) is 1.43. The summed E-state index contributed by atoms with van der Waals surface area (Å²) < 4.78 is 21.4. The van der Waals surface area contributed by atoms with Crippen molar-refractivity contribution < 1.29 is 23.7 Å². The smallest absolute Gasteiger partial charge is 0.196 e. The van der Waals surface area contributed by atoms with Crippen LogP contribution in [-0.2, 0) is 4.74 Å². The van der Waals surface area contributed by atoms with Crippen LogP contribution in [0, 0.1) is 6.92 Å². The molecule has 0 N–H and O–H groups in total. The molecule has 2 aromatic carbocycles. The molecular formula is C19H23LiO5P. The fraction of sp³-hybridized carbons (Fsp3) is 0.316. The number of hydrogen-bond donors (Lipinski definition) is 0. The molecule has 0 fully saturated rings. The quantitative estimate of drug-likeness (QED) is 0.407. The maximum atomic E-state index is 12.8. The van der Waals surface area contributed by atoms with E-state index >= 15 is 0 Å². The summed E-state index contributed by atoms with van der Waals surface area (Å²) in [6, 6.07) is 11.0. The fourth-order valence-electron chi connectivity index (χ4n) is 2.35. The van der Waals surface area contributed by atoms with Crippen molar-refractivity contribution >= 4 is 38.3 Å². The number of ether oxygens (including phenoxy) is 4. The van der Waals surface area contributed by atoms with E-state index < -0.39 is 0 Å². The maximum Gasteiger partial charge on any atom is 0.196 e. The Morgan fingerprint density at radius 1 is 1.04 bits per heavy atom. The van der Waals surface area contributed by atoms with Gasteiger partial charge in [0.2, 0.25) is 0 Å². The van der Waals surface area contributed by atoms with E-state index in [2.05, 4.69) is 0 Å². The van der Waals surface area contributed by atoms with Crippen molar-refractivity contribution in [2.24, 2.45) is 0 Å². The average molecular weight is 369 g/mol. The number of hydrogen-bond acceptors (Lipinski definition) is 5. The van der Waals surface area contributed by atoms with Gasteiger partial charge in [0.25, 0.3) is 0 Å². The van der Waals surface area contributed by atoms with Gasteiger partial charge in [-0.15, -0.1) is 0 Å². The van der Waals surface area contributed by atoms with Gasteiger partial charge in [-0.05, 0) is 57.6 Å². The molecule has 1 radical (unpaired) electrons. The van der Waals surface area contributed by atoms with E-state index in [1.165, 1.54) is 0 Å². The molecule has 5 nitrogen and oxygen atoms in total.